The van der Waals surface area contributed by atoms with Gasteiger partial charge in [0.2, 0.25) is 5.91 Å². The number of ether oxygens (including phenoxy) is 1. The summed E-state index contributed by atoms with van der Waals surface area (Å²) in [4.78, 5) is 16.0. The molecule has 1 saturated heterocycles. The Hall–Kier alpha value is -2.02. The Bertz CT molecular complexity index is 467. The number of furan rings is 1. The topological polar surface area (TPSA) is 87.9 Å². The van der Waals surface area contributed by atoms with Gasteiger partial charge in [-0.15, -0.1) is 0 Å². The molecule has 2 heterocycles. The fourth-order valence-electron chi connectivity index (χ4n) is 2.16. The molecule has 7 nitrogen and oxygen atoms in total. The van der Waals surface area contributed by atoms with E-state index in [4.69, 9.17) is 9.15 Å². The SMILES string of the molecule is CCNC(=NCC(=O)NCc1ccco1)NCC1CCCO1. The van der Waals surface area contributed by atoms with E-state index in [1.165, 1.54) is 0 Å². The van der Waals surface area contributed by atoms with Gasteiger partial charge < -0.3 is 25.1 Å². The number of amides is 1. The number of aliphatic imine (C=N–C) groups is 1. The number of rotatable bonds is 7. The summed E-state index contributed by atoms with van der Waals surface area (Å²) in [6.07, 6.45) is 3.99. The van der Waals surface area contributed by atoms with Crippen molar-refractivity contribution < 1.29 is 13.9 Å². The first-order valence-electron chi connectivity index (χ1n) is 7.70. The first-order chi connectivity index (χ1) is 10.8. The lowest BCUT2D eigenvalue weighted by atomic mass is 10.2. The van der Waals surface area contributed by atoms with Gasteiger partial charge in [-0.25, -0.2) is 4.99 Å². The molecular weight excluding hydrogens is 284 g/mol. The Morgan fingerprint density at radius 1 is 1.41 bits per heavy atom. The fraction of sp³-hybridized carbons (Fsp3) is 0.600. The highest BCUT2D eigenvalue weighted by atomic mass is 16.5. The number of carbonyl (C=O) groups is 1. The number of carbonyl (C=O) groups excluding carboxylic acids is 1. The molecule has 3 N–H and O–H groups in total. The smallest absolute Gasteiger partial charge is 0.242 e. The molecule has 0 spiro atoms. The van der Waals surface area contributed by atoms with Crippen LogP contribution in [0.3, 0.4) is 0 Å². The van der Waals surface area contributed by atoms with E-state index in [1.807, 2.05) is 13.0 Å². The molecule has 1 unspecified atom stereocenters. The highest BCUT2D eigenvalue weighted by molar-refractivity contribution is 5.84. The van der Waals surface area contributed by atoms with Gasteiger partial charge in [0.15, 0.2) is 5.96 Å². The molecule has 7 heteroatoms. The van der Waals surface area contributed by atoms with E-state index in [1.54, 1.807) is 12.3 Å². The van der Waals surface area contributed by atoms with Crippen molar-refractivity contribution in [1.82, 2.24) is 16.0 Å². The summed E-state index contributed by atoms with van der Waals surface area (Å²) in [5, 5.41) is 9.08. The van der Waals surface area contributed by atoms with E-state index in [9.17, 15) is 4.79 Å². The molecule has 0 aliphatic carbocycles. The maximum Gasteiger partial charge on any atom is 0.242 e. The van der Waals surface area contributed by atoms with Gasteiger partial charge in [0, 0.05) is 19.7 Å². The van der Waals surface area contributed by atoms with Gasteiger partial charge >= 0.3 is 0 Å². The van der Waals surface area contributed by atoms with Crippen molar-refractivity contribution in [3.05, 3.63) is 24.2 Å². The van der Waals surface area contributed by atoms with Crippen molar-refractivity contribution in [3.63, 3.8) is 0 Å². The standard InChI is InChI=1S/C15H24N4O3/c1-2-16-15(18-10-13-6-4-8-22-13)19-11-14(20)17-9-12-5-3-7-21-12/h3,5,7,13H,2,4,6,8-11H2,1H3,(H,17,20)(H2,16,18,19). The third kappa shape index (κ3) is 5.77. The number of guanidine groups is 1. The fourth-order valence-corrected chi connectivity index (χ4v) is 2.16. The van der Waals surface area contributed by atoms with Gasteiger partial charge in [-0.3, -0.25) is 4.79 Å². The van der Waals surface area contributed by atoms with Crippen LogP contribution in [0.1, 0.15) is 25.5 Å². The Labute approximate surface area is 130 Å². The minimum atomic E-state index is -0.147. The van der Waals surface area contributed by atoms with Crippen LogP contribution in [0.15, 0.2) is 27.8 Å². The molecule has 1 aromatic rings. The van der Waals surface area contributed by atoms with Gasteiger partial charge in [0.25, 0.3) is 0 Å². The highest BCUT2D eigenvalue weighted by Gasteiger charge is 2.15. The Morgan fingerprint density at radius 3 is 3.00 bits per heavy atom. The number of hydrogen-bond acceptors (Lipinski definition) is 4. The molecule has 0 saturated carbocycles. The predicted molar refractivity (Wildman–Crippen MR) is 83.5 cm³/mol. The first-order valence-corrected chi connectivity index (χ1v) is 7.70. The minimum absolute atomic E-state index is 0.0710. The predicted octanol–water partition coefficient (Wildman–Crippen LogP) is 0.630. The summed E-state index contributed by atoms with van der Waals surface area (Å²) in [5.74, 6) is 1.21. The number of nitrogens with zero attached hydrogens (tertiary/aromatic N) is 1. The molecule has 1 fully saturated rings. The summed E-state index contributed by atoms with van der Waals surface area (Å²) < 4.78 is 10.7. The molecule has 1 aliphatic rings. The second-order valence-electron chi connectivity index (χ2n) is 5.07. The van der Waals surface area contributed by atoms with Gasteiger partial charge in [-0.2, -0.15) is 0 Å². The van der Waals surface area contributed by atoms with Crippen LogP contribution < -0.4 is 16.0 Å². The van der Waals surface area contributed by atoms with E-state index in [0.717, 1.165) is 31.8 Å². The zero-order valence-corrected chi connectivity index (χ0v) is 12.9. The minimum Gasteiger partial charge on any atom is -0.467 e. The molecule has 122 valence electrons. The second kappa shape index (κ2) is 9.09. The summed E-state index contributed by atoms with van der Waals surface area (Å²) >= 11 is 0. The van der Waals surface area contributed by atoms with Crippen LogP contribution in [0.5, 0.6) is 0 Å². The van der Waals surface area contributed by atoms with E-state index in [-0.39, 0.29) is 18.6 Å². The van der Waals surface area contributed by atoms with Crippen molar-refractivity contribution >= 4 is 11.9 Å². The summed E-state index contributed by atoms with van der Waals surface area (Å²) in [6, 6.07) is 3.61. The maximum absolute atomic E-state index is 11.8. The largest absolute Gasteiger partial charge is 0.467 e. The third-order valence-corrected chi connectivity index (χ3v) is 3.29. The van der Waals surface area contributed by atoms with E-state index in [2.05, 4.69) is 20.9 Å². The van der Waals surface area contributed by atoms with Gasteiger partial charge in [0.1, 0.15) is 12.3 Å². The molecular formula is C15H24N4O3. The zero-order valence-electron chi connectivity index (χ0n) is 12.9. The first kappa shape index (κ1) is 16.4. The van der Waals surface area contributed by atoms with E-state index >= 15 is 0 Å². The van der Waals surface area contributed by atoms with Crippen molar-refractivity contribution in [2.24, 2.45) is 4.99 Å². The monoisotopic (exact) mass is 308 g/mol. The van der Waals surface area contributed by atoms with Crippen LogP contribution in [-0.4, -0.2) is 44.2 Å². The molecule has 0 radical (unpaired) electrons. The third-order valence-electron chi connectivity index (χ3n) is 3.29. The maximum atomic E-state index is 11.8. The molecule has 1 atom stereocenters. The van der Waals surface area contributed by atoms with Crippen molar-refractivity contribution in [3.8, 4) is 0 Å². The van der Waals surface area contributed by atoms with Crippen LogP contribution in [-0.2, 0) is 16.1 Å². The van der Waals surface area contributed by atoms with Gasteiger partial charge in [-0.05, 0) is 31.9 Å². The van der Waals surface area contributed by atoms with Crippen LogP contribution in [0.4, 0.5) is 0 Å². The lowest BCUT2D eigenvalue weighted by molar-refractivity contribution is -0.119. The normalized spacial score (nSPS) is 18.2. The Morgan fingerprint density at radius 2 is 2.32 bits per heavy atom. The van der Waals surface area contributed by atoms with Crippen LogP contribution in [0, 0.1) is 0 Å². The molecule has 2 rings (SSSR count). The average molecular weight is 308 g/mol. The van der Waals surface area contributed by atoms with Gasteiger partial charge in [0.05, 0.1) is 18.9 Å². The van der Waals surface area contributed by atoms with Crippen LogP contribution in [0.2, 0.25) is 0 Å². The number of hydrogen-bond donors (Lipinski definition) is 3. The summed E-state index contributed by atoms with van der Waals surface area (Å²) in [5.41, 5.74) is 0. The quantitative estimate of drug-likeness (QED) is 0.508. The molecule has 1 amide bonds. The Kier molecular flexibility index (Phi) is 6.76. The molecule has 0 bridgehead atoms. The molecule has 22 heavy (non-hydrogen) atoms. The van der Waals surface area contributed by atoms with Crippen LogP contribution >= 0.6 is 0 Å². The molecule has 1 aliphatic heterocycles. The highest BCUT2D eigenvalue weighted by Crippen LogP contribution is 2.10. The molecule has 0 aromatic carbocycles. The lowest BCUT2D eigenvalue weighted by Crippen LogP contribution is -2.41. The van der Waals surface area contributed by atoms with Crippen molar-refractivity contribution in [1.29, 1.82) is 0 Å². The summed E-state index contributed by atoms with van der Waals surface area (Å²) in [7, 11) is 0. The van der Waals surface area contributed by atoms with Crippen molar-refractivity contribution in [2.75, 3.05) is 26.2 Å². The average Bonchev–Trinajstić information content (AvgIpc) is 3.21. The molecule has 1 aromatic heterocycles. The number of nitrogens with one attached hydrogen (secondary N) is 3. The Balaban J connectivity index is 1.71. The second-order valence-corrected chi connectivity index (χ2v) is 5.07. The lowest BCUT2D eigenvalue weighted by Gasteiger charge is -2.14. The summed E-state index contributed by atoms with van der Waals surface area (Å²) in [6.45, 7) is 4.71. The van der Waals surface area contributed by atoms with E-state index < -0.39 is 0 Å². The van der Waals surface area contributed by atoms with Crippen molar-refractivity contribution in [2.45, 2.75) is 32.4 Å². The van der Waals surface area contributed by atoms with Crippen LogP contribution in [0.25, 0.3) is 0 Å². The zero-order chi connectivity index (χ0) is 15.6. The van der Waals surface area contributed by atoms with Gasteiger partial charge in [-0.1, -0.05) is 0 Å². The van der Waals surface area contributed by atoms with E-state index in [0.29, 0.717) is 19.0 Å².